The van der Waals surface area contributed by atoms with Gasteiger partial charge in [-0.2, -0.15) is 0 Å². The lowest BCUT2D eigenvalue weighted by molar-refractivity contribution is -0.168. The van der Waals surface area contributed by atoms with E-state index in [1.54, 1.807) is 7.11 Å². The van der Waals surface area contributed by atoms with Crippen LogP contribution in [0.4, 0.5) is 0 Å². The minimum absolute atomic E-state index is 0. The van der Waals surface area contributed by atoms with Gasteiger partial charge in [-0.05, 0) is 113 Å². The van der Waals surface area contributed by atoms with Crippen LogP contribution in [0.1, 0.15) is 109 Å². The summed E-state index contributed by atoms with van der Waals surface area (Å²) in [4.78, 5) is 28.8. The summed E-state index contributed by atoms with van der Waals surface area (Å²) in [6, 6.07) is 8.20. The number of hydrogen-bond acceptors (Lipinski definition) is 5. The van der Waals surface area contributed by atoms with E-state index in [4.69, 9.17) is 9.47 Å². The predicted molar refractivity (Wildman–Crippen MR) is 168 cm³/mol. The minimum Gasteiger partial charge on any atom is -0.497 e. The first-order valence-corrected chi connectivity index (χ1v) is 15.3. The van der Waals surface area contributed by atoms with E-state index in [9.17, 15) is 9.59 Å². The summed E-state index contributed by atoms with van der Waals surface area (Å²) < 4.78 is 11.8. The van der Waals surface area contributed by atoms with E-state index in [2.05, 4.69) is 50.3 Å². The second-order valence-electron chi connectivity index (χ2n) is 14.6. The monoisotopic (exact) mass is 610 g/mol. The molecule has 0 spiro atoms. The van der Waals surface area contributed by atoms with Crippen LogP contribution in [0.25, 0.3) is 0 Å². The number of rotatable bonds is 10. The maximum atomic E-state index is 13.4. The Morgan fingerprint density at radius 3 is 2.07 bits per heavy atom. The lowest BCUT2D eigenvalue weighted by atomic mass is 9.43. The Morgan fingerprint density at radius 2 is 1.54 bits per heavy atom. The number of esters is 1. The summed E-state index contributed by atoms with van der Waals surface area (Å²) >= 11 is 0. The van der Waals surface area contributed by atoms with Crippen LogP contribution in [0.3, 0.4) is 0 Å². The zero-order valence-corrected chi connectivity index (χ0v) is 27.4. The van der Waals surface area contributed by atoms with Crippen molar-refractivity contribution >= 4 is 36.7 Å². The summed E-state index contributed by atoms with van der Waals surface area (Å²) in [6.45, 7) is 5.64. The highest BCUT2D eigenvalue weighted by atomic mass is 35.5. The number of methoxy groups -OCH3 is 1. The molecule has 6 rings (SSSR count). The van der Waals surface area contributed by atoms with Gasteiger partial charge in [0.1, 0.15) is 11.4 Å². The average Bonchev–Trinajstić information content (AvgIpc) is 2.84. The zero-order chi connectivity index (χ0) is 27.9. The van der Waals surface area contributed by atoms with E-state index in [-0.39, 0.29) is 61.0 Å². The van der Waals surface area contributed by atoms with Crippen LogP contribution in [0, 0.1) is 16.7 Å². The van der Waals surface area contributed by atoms with Crippen LogP contribution in [0.15, 0.2) is 24.3 Å². The van der Waals surface area contributed by atoms with Gasteiger partial charge in [0.15, 0.2) is 0 Å². The molecule has 3 atom stereocenters. The third kappa shape index (κ3) is 7.54. The molecule has 1 amide bonds. The molecule has 1 N–H and O–H groups in total. The van der Waals surface area contributed by atoms with E-state index in [1.165, 1.54) is 31.2 Å². The van der Waals surface area contributed by atoms with E-state index in [1.807, 2.05) is 12.1 Å². The third-order valence-corrected chi connectivity index (χ3v) is 10.3. The Labute approximate surface area is 259 Å². The Bertz CT molecular complexity index is 1040. The van der Waals surface area contributed by atoms with E-state index >= 15 is 0 Å². The number of ether oxygens (including phenoxy) is 2. The van der Waals surface area contributed by atoms with Crippen molar-refractivity contribution in [1.29, 1.82) is 0 Å². The number of amides is 1. The maximum absolute atomic E-state index is 13.4. The van der Waals surface area contributed by atoms with Gasteiger partial charge in [-0.25, -0.2) is 0 Å². The molecule has 1 aromatic carbocycles. The van der Waals surface area contributed by atoms with Crippen LogP contribution in [0.2, 0.25) is 0 Å². The second kappa shape index (κ2) is 13.0. The van der Waals surface area contributed by atoms with Crippen LogP contribution < -0.4 is 10.1 Å². The Balaban J connectivity index is 0.00000231. The van der Waals surface area contributed by atoms with Crippen molar-refractivity contribution in [2.24, 2.45) is 16.7 Å². The number of nitrogens with one attached hydrogen (secondary N) is 1. The van der Waals surface area contributed by atoms with Gasteiger partial charge in [-0.15, -0.1) is 24.8 Å². The molecule has 0 saturated heterocycles. The summed E-state index contributed by atoms with van der Waals surface area (Å²) in [5.41, 5.74) is 1.22. The Kier molecular flexibility index (Phi) is 10.8. The largest absolute Gasteiger partial charge is 0.497 e. The van der Waals surface area contributed by atoms with Gasteiger partial charge in [0.25, 0.3) is 0 Å². The summed E-state index contributed by atoms with van der Waals surface area (Å²) in [5.74, 6) is 1.38. The van der Waals surface area contributed by atoms with Crippen LogP contribution in [0.5, 0.6) is 5.75 Å². The van der Waals surface area contributed by atoms with Crippen molar-refractivity contribution in [3.63, 3.8) is 0 Å². The van der Waals surface area contributed by atoms with E-state index in [0.717, 1.165) is 63.2 Å². The Hall–Kier alpha value is -1.50. The topological polar surface area (TPSA) is 67.9 Å². The highest BCUT2D eigenvalue weighted by Gasteiger charge is 2.60. The molecule has 41 heavy (non-hydrogen) atoms. The fourth-order valence-electron chi connectivity index (χ4n) is 9.89. The molecule has 232 valence electrons. The molecule has 5 aliphatic carbocycles. The van der Waals surface area contributed by atoms with Crippen molar-refractivity contribution < 1.29 is 19.1 Å². The summed E-state index contributed by atoms with van der Waals surface area (Å²) in [5, 5.41) is 3.46. The molecular weight excluding hydrogens is 559 g/mol. The predicted octanol–water partition coefficient (Wildman–Crippen LogP) is 7.08. The van der Waals surface area contributed by atoms with Gasteiger partial charge in [0, 0.05) is 24.4 Å². The molecule has 5 saturated carbocycles. The Morgan fingerprint density at radius 1 is 0.927 bits per heavy atom. The van der Waals surface area contributed by atoms with Gasteiger partial charge >= 0.3 is 5.97 Å². The lowest BCUT2D eigenvalue weighted by Crippen LogP contribution is -2.65. The molecule has 0 aliphatic heterocycles. The molecule has 0 aromatic heterocycles. The molecule has 3 unspecified atom stereocenters. The smallest absolute Gasteiger partial charge is 0.306 e. The van der Waals surface area contributed by atoms with Crippen molar-refractivity contribution in [3.05, 3.63) is 29.8 Å². The van der Waals surface area contributed by atoms with Gasteiger partial charge in [-0.1, -0.05) is 32.4 Å². The molecule has 5 fully saturated rings. The number of likely N-dealkylation sites (N-methyl/N-ethyl adjacent to an activating group) is 1. The highest BCUT2D eigenvalue weighted by Crippen LogP contribution is 2.66. The number of benzene rings is 1. The number of carbonyl (C=O) groups excluding carboxylic acids is 2. The summed E-state index contributed by atoms with van der Waals surface area (Å²) in [6.07, 6.45) is 12.5. The van der Waals surface area contributed by atoms with Crippen molar-refractivity contribution in [2.45, 2.75) is 114 Å². The number of halogens is 2. The molecular formula is C33H52Cl2N2O4. The summed E-state index contributed by atoms with van der Waals surface area (Å²) in [7, 11) is 5.83. The molecule has 6 nitrogen and oxygen atoms in total. The molecule has 4 bridgehead atoms. The standard InChI is InChI=1S/C33H50N2O4.2ClH/c1-30-17-24-18-31(2,21-30)23-32(19-24,22-30)34-28(36)13-14-29(37)39-33(15-7-6-8-16-33)27(20-35(3)4)25-9-11-26(38-5)12-10-25;;/h9-12,24,27H,6-8,13-23H2,1-5H3,(H,34,36);2*1H. The number of carbonyl (C=O) groups is 2. The number of hydrogen-bond donors (Lipinski definition) is 1. The van der Waals surface area contributed by atoms with Crippen LogP contribution >= 0.6 is 24.8 Å². The lowest BCUT2D eigenvalue weighted by Gasteiger charge is -2.65. The molecule has 8 heteroatoms. The van der Waals surface area contributed by atoms with Crippen molar-refractivity contribution in [2.75, 3.05) is 27.7 Å². The van der Waals surface area contributed by atoms with Gasteiger partial charge in [0.05, 0.1) is 13.5 Å². The third-order valence-electron chi connectivity index (χ3n) is 10.3. The molecule has 5 aliphatic rings. The fourth-order valence-corrected chi connectivity index (χ4v) is 9.89. The zero-order valence-electron chi connectivity index (χ0n) is 25.8. The minimum atomic E-state index is -0.548. The van der Waals surface area contributed by atoms with E-state index in [0.29, 0.717) is 10.8 Å². The average molecular weight is 612 g/mol. The quantitative estimate of drug-likeness (QED) is 0.287. The van der Waals surface area contributed by atoms with Gasteiger partial charge in [0.2, 0.25) is 5.91 Å². The van der Waals surface area contributed by atoms with Crippen molar-refractivity contribution in [3.8, 4) is 5.75 Å². The maximum Gasteiger partial charge on any atom is 0.306 e. The molecule has 0 radical (unpaired) electrons. The van der Waals surface area contributed by atoms with Crippen molar-refractivity contribution in [1.82, 2.24) is 10.2 Å². The first-order chi connectivity index (χ1) is 18.5. The SMILES string of the molecule is COc1ccc(C(CN(C)C)C2(OC(=O)CCC(=O)NC34CC5CC(C)(CC(C)(C5)C3)C4)CCCCC2)cc1.Cl.Cl. The second-order valence-corrected chi connectivity index (χ2v) is 14.6. The first kappa shape index (κ1) is 34.0. The van der Waals surface area contributed by atoms with Gasteiger partial charge < -0.3 is 19.7 Å². The van der Waals surface area contributed by atoms with Crippen LogP contribution in [-0.4, -0.2) is 55.7 Å². The first-order valence-electron chi connectivity index (χ1n) is 15.3. The van der Waals surface area contributed by atoms with Gasteiger partial charge in [-0.3, -0.25) is 9.59 Å². The fraction of sp³-hybridized carbons (Fsp3) is 0.758. The van der Waals surface area contributed by atoms with Crippen LogP contribution in [-0.2, 0) is 14.3 Å². The molecule has 1 aromatic rings. The normalized spacial score (nSPS) is 31.9. The molecule has 0 heterocycles. The van der Waals surface area contributed by atoms with E-state index < -0.39 is 5.60 Å². The highest BCUT2D eigenvalue weighted by molar-refractivity contribution is 5.85. The number of nitrogens with zero attached hydrogens (tertiary/aromatic N) is 1.